The first-order chi connectivity index (χ1) is 9.90. The van der Waals surface area contributed by atoms with Crippen LogP contribution in [0.1, 0.15) is 26.3 Å². The van der Waals surface area contributed by atoms with Crippen LogP contribution in [0.2, 0.25) is 0 Å². The maximum absolute atomic E-state index is 12.2. The van der Waals surface area contributed by atoms with Crippen LogP contribution in [0.25, 0.3) is 0 Å². The van der Waals surface area contributed by atoms with Gasteiger partial charge in [-0.15, -0.1) is 0 Å². The van der Waals surface area contributed by atoms with Crippen molar-refractivity contribution in [1.29, 1.82) is 0 Å². The molecule has 5 nitrogen and oxygen atoms in total. The lowest BCUT2D eigenvalue weighted by Gasteiger charge is -2.11. The number of halogens is 1. The van der Waals surface area contributed by atoms with E-state index in [2.05, 4.69) is 21.2 Å². The number of phenolic OH excluding ortho intramolecular Hbond substituents is 1. The highest BCUT2D eigenvalue weighted by Crippen LogP contribution is 2.25. The molecule has 6 heteroatoms. The average molecular weight is 350 g/mol. The van der Waals surface area contributed by atoms with Gasteiger partial charge in [-0.05, 0) is 36.8 Å². The highest BCUT2D eigenvalue weighted by molar-refractivity contribution is 9.10. The molecule has 1 amide bonds. The Morgan fingerprint density at radius 1 is 1.19 bits per heavy atom. The molecule has 0 aliphatic rings. The molecule has 2 aromatic carbocycles. The van der Waals surface area contributed by atoms with E-state index < -0.39 is 11.9 Å². The molecule has 0 aliphatic heterocycles. The van der Waals surface area contributed by atoms with E-state index in [1.165, 1.54) is 18.2 Å². The third kappa shape index (κ3) is 3.22. The minimum absolute atomic E-state index is 0.0281. The van der Waals surface area contributed by atoms with Crippen LogP contribution in [0.4, 0.5) is 5.69 Å². The van der Waals surface area contributed by atoms with Gasteiger partial charge in [0.05, 0.1) is 16.8 Å². The maximum atomic E-state index is 12.2. The molecule has 0 bridgehead atoms. The Hall–Kier alpha value is -2.34. The first kappa shape index (κ1) is 15.1. The van der Waals surface area contributed by atoms with Crippen LogP contribution in [0.5, 0.6) is 5.75 Å². The third-order valence-corrected chi connectivity index (χ3v) is 3.43. The molecule has 0 spiro atoms. The van der Waals surface area contributed by atoms with Crippen LogP contribution in [-0.4, -0.2) is 22.1 Å². The van der Waals surface area contributed by atoms with Crippen LogP contribution in [0, 0.1) is 6.92 Å². The van der Waals surface area contributed by atoms with E-state index in [1.54, 1.807) is 25.1 Å². The number of anilines is 1. The predicted molar refractivity (Wildman–Crippen MR) is 81.9 cm³/mol. The van der Waals surface area contributed by atoms with Gasteiger partial charge < -0.3 is 15.5 Å². The largest absolute Gasteiger partial charge is 0.507 e. The van der Waals surface area contributed by atoms with E-state index in [0.29, 0.717) is 10.0 Å². The molecule has 21 heavy (non-hydrogen) atoms. The fourth-order valence-electron chi connectivity index (χ4n) is 1.94. The van der Waals surface area contributed by atoms with E-state index >= 15 is 0 Å². The number of phenols is 1. The second-order valence-corrected chi connectivity index (χ2v) is 5.33. The Morgan fingerprint density at radius 2 is 1.90 bits per heavy atom. The Morgan fingerprint density at radius 3 is 2.57 bits per heavy atom. The highest BCUT2D eigenvalue weighted by Gasteiger charge is 2.17. The number of carbonyl (C=O) groups is 2. The minimum Gasteiger partial charge on any atom is -0.507 e. The summed E-state index contributed by atoms with van der Waals surface area (Å²) in [5.41, 5.74) is 0.813. The number of hydrogen-bond acceptors (Lipinski definition) is 3. The molecule has 0 fully saturated rings. The molecule has 0 aromatic heterocycles. The van der Waals surface area contributed by atoms with Crippen molar-refractivity contribution in [2.45, 2.75) is 6.92 Å². The van der Waals surface area contributed by atoms with Gasteiger partial charge in [-0.3, -0.25) is 4.79 Å². The van der Waals surface area contributed by atoms with Crippen LogP contribution in [-0.2, 0) is 0 Å². The third-order valence-electron chi connectivity index (χ3n) is 2.94. The fraction of sp³-hybridized carbons (Fsp3) is 0.0667. The number of nitrogens with one attached hydrogen (secondary N) is 1. The molecule has 2 aromatic rings. The molecule has 0 saturated carbocycles. The summed E-state index contributed by atoms with van der Waals surface area (Å²) in [5, 5.41) is 21.5. The van der Waals surface area contributed by atoms with E-state index in [1.807, 2.05) is 0 Å². The minimum atomic E-state index is -1.12. The number of carboxylic acids is 1. The van der Waals surface area contributed by atoms with Crippen molar-refractivity contribution in [1.82, 2.24) is 0 Å². The molecule has 3 N–H and O–H groups in total. The summed E-state index contributed by atoms with van der Waals surface area (Å²) in [7, 11) is 0. The second kappa shape index (κ2) is 5.97. The molecule has 0 aliphatic carbocycles. The van der Waals surface area contributed by atoms with Crippen LogP contribution in [0.15, 0.2) is 40.9 Å². The van der Waals surface area contributed by atoms with Crippen LogP contribution >= 0.6 is 15.9 Å². The first-order valence-electron chi connectivity index (χ1n) is 6.03. The zero-order chi connectivity index (χ0) is 15.6. The number of aromatic carboxylic acids is 1. The number of aryl methyl sites for hydroxylation is 1. The van der Waals surface area contributed by atoms with Gasteiger partial charge in [0.25, 0.3) is 5.91 Å². The average Bonchev–Trinajstić information content (AvgIpc) is 2.41. The Kier molecular flexibility index (Phi) is 4.28. The van der Waals surface area contributed by atoms with Crippen molar-refractivity contribution in [2.24, 2.45) is 0 Å². The summed E-state index contributed by atoms with van der Waals surface area (Å²) in [5.74, 6) is -1.89. The molecule has 0 heterocycles. The number of carboxylic acid groups (broad SMARTS) is 1. The normalized spacial score (nSPS) is 10.2. The van der Waals surface area contributed by atoms with E-state index in [4.69, 9.17) is 0 Å². The SMILES string of the molecule is Cc1cccc(NC(=O)c2cc(Br)ccc2O)c1C(=O)O. The molecule has 0 atom stereocenters. The van der Waals surface area contributed by atoms with Gasteiger partial charge in [-0.1, -0.05) is 28.1 Å². The number of aromatic hydroxyl groups is 1. The summed E-state index contributed by atoms with van der Waals surface area (Å²) >= 11 is 3.21. The Labute approximate surface area is 129 Å². The van der Waals surface area contributed by atoms with Gasteiger partial charge >= 0.3 is 5.97 Å². The summed E-state index contributed by atoms with van der Waals surface area (Å²) in [6.07, 6.45) is 0. The topological polar surface area (TPSA) is 86.6 Å². The molecular weight excluding hydrogens is 338 g/mol. The lowest BCUT2D eigenvalue weighted by Crippen LogP contribution is -2.15. The van der Waals surface area contributed by atoms with Crippen LogP contribution in [0.3, 0.4) is 0 Å². The molecule has 0 radical (unpaired) electrons. The van der Waals surface area contributed by atoms with Crippen molar-refractivity contribution >= 4 is 33.5 Å². The Balaban J connectivity index is 2.39. The number of rotatable bonds is 3. The van der Waals surface area contributed by atoms with E-state index in [0.717, 1.165) is 0 Å². The molecule has 0 saturated heterocycles. The second-order valence-electron chi connectivity index (χ2n) is 4.42. The number of carbonyl (C=O) groups excluding carboxylic acids is 1. The Bertz CT molecular complexity index is 728. The van der Waals surface area contributed by atoms with Gasteiger partial charge in [0.15, 0.2) is 0 Å². The van der Waals surface area contributed by atoms with E-state index in [-0.39, 0.29) is 22.6 Å². The van der Waals surface area contributed by atoms with Gasteiger partial charge in [-0.2, -0.15) is 0 Å². The summed E-state index contributed by atoms with van der Waals surface area (Å²) in [6, 6.07) is 9.24. The maximum Gasteiger partial charge on any atom is 0.338 e. The van der Waals surface area contributed by atoms with Crippen molar-refractivity contribution < 1.29 is 19.8 Å². The zero-order valence-corrected chi connectivity index (χ0v) is 12.6. The number of benzene rings is 2. The van der Waals surface area contributed by atoms with E-state index in [9.17, 15) is 19.8 Å². The van der Waals surface area contributed by atoms with Crippen LogP contribution < -0.4 is 5.32 Å². The van der Waals surface area contributed by atoms with Crippen molar-refractivity contribution in [3.63, 3.8) is 0 Å². The van der Waals surface area contributed by atoms with Gasteiger partial charge in [0, 0.05) is 4.47 Å². The van der Waals surface area contributed by atoms with Crippen molar-refractivity contribution in [3.8, 4) is 5.75 Å². The summed E-state index contributed by atoms with van der Waals surface area (Å²) < 4.78 is 0.633. The quantitative estimate of drug-likeness (QED) is 0.792. The van der Waals surface area contributed by atoms with Crippen molar-refractivity contribution in [3.05, 3.63) is 57.6 Å². The summed E-state index contributed by atoms with van der Waals surface area (Å²) in [6.45, 7) is 1.65. The predicted octanol–water partition coefficient (Wildman–Crippen LogP) is 3.41. The first-order valence-corrected chi connectivity index (χ1v) is 6.82. The number of hydrogen-bond donors (Lipinski definition) is 3. The highest BCUT2D eigenvalue weighted by atomic mass is 79.9. The lowest BCUT2D eigenvalue weighted by atomic mass is 10.1. The standard InChI is InChI=1S/C15H12BrNO4/c1-8-3-2-4-11(13(8)15(20)21)17-14(19)10-7-9(16)5-6-12(10)18/h2-7,18H,1H3,(H,17,19)(H,20,21). The molecule has 2 rings (SSSR count). The smallest absolute Gasteiger partial charge is 0.338 e. The lowest BCUT2D eigenvalue weighted by molar-refractivity contribution is 0.0697. The van der Waals surface area contributed by atoms with Crippen molar-refractivity contribution in [2.75, 3.05) is 5.32 Å². The molecule has 0 unspecified atom stereocenters. The summed E-state index contributed by atoms with van der Waals surface area (Å²) in [4.78, 5) is 23.5. The van der Waals surface area contributed by atoms with Gasteiger partial charge in [0.1, 0.15) is 5.75 Å². The monoisotopic (exact) mass is 349 g/mol. The van der Waals surface area contributed by atoms with Gasteiger partial charge in [-0.25, -0.2) is 4.79 Å². The molecular formula is C15H12BrNO4. The van der Waals surface area contributed by atoms with Gasteiger partial charge in [0.2, 0.25) is 0 Å². The number of amides is 1. The zero-order valence-electron chi connectivity index (χ0n) is 11.1. The fourth-order valence-corrected chi connectivity index (χ4v) is 2.30. The molecule has 108 valence electrons.